The van der Waals surface area contributed by atoms with Crippen molar-refractivity contribution in [2.24, 2.45) is 0 Å². The molecule has 6 nitrogen and oxygen atoms in total. The van der Waals surface area contributed by atoms with Crippen molar-refractivity contribution in [3.63, 3.8) is 0 Å². The van der Waals surface area contributed by atoms with Crippen molar-refractivity contribution >= 4 is 11.2 Å². The van der Waals surface area contributed by atoms with Gasteiger partial charge < -0.3 is 0 Å². The first-order valence-corrected chi connectivity index (χ1v) is 6.17. The lowest BCUT2D eigenvalue weighted by Gasteiger charge is -1.99. The Morgan fingerprint density at radius 3 is 2.65 bits per heavy atom. The van der Waals surface area contributed by atoms with E-state index in [1.165, 1.54) is 0 Å². The summed E-state index contributed by atoms with van der Waals surface area (Å²) in [4.78, 5) is 8.97. The van der Waals surface area contributed by atoms with E-state index in [1.54, 1.807) is 18.6 Å². The van der Waals surface area contributed by atoms with Crippen LogP contribution >= 0.6 is 0 Å². The Morgan fingerprint density at radius 2 is 1.85 bits per heavy atom. The standard InChI is InChI=1S/C14H10N6/c1-2-4-9(5-3-1)12-13-14(20-19-12)15-8-11(18-13)10-6-16-17-7-10/h1-8H,(H,16,17)(H,15,19,20). The Kier molecular flexibility index (Phi) is 2.32. The Labute approximate surface area is 113 Å². The largest absolute Gasteiger partial charge is 0.285 e. The van der Waals surface area contributed by atoms with Crippen LogP contribution in [-0.2, 0) is 0 Å². The third-order valence-corrected chi connectivity index (χ3v) is 3.12. The van der Waals surface area contributed by atoms with Crippen LogP contribution in [0.25, 0.3) is 33.7 Å². The van der Waals surface area contributed by atoms with Gasteiger partial charge in [0.15, 0.2) is 5.65 Å². The minimum absolute atomic E-state index is 0.607. The van der Waals surface area contributed by atoms with Gasteiger partial charge in [-0.05, 0) is 0 Å². The summed E-state index contributed by atoms with van der Waals surface area (Å²) in [5.74, 6) is 0. The summed E-state index contributed by atoms with van der Waals surface area (Å²) in [6.45, 7) is 0. The minimum atomic E-state index is 0.607. The molecule has 4 aromatic rings. The molecule has 0 amide bonds. The van der Waals surface area contributed by atoms with Crippen LogP contribution in [0, 0.1) is 0 Å². The van der Waals surface area contributed by atoms with Gasteiger partial charge in [-0.15, -0.1) is 0 Å². The van der Waals surface area contributed by atoms with Crippen molar-refractivity contribution in [2.45, 2.75) is 0 Å². The van der Waals surface area contributed by atoms with Crippen molar-refractivity contribution in [1.82, 2.24) is 30.4 Å². The second-order valence-electron chi connectivity index (χ2n) is 4.38. The molecular formula is C14H10N6. The molecule has 3 heterocycles. The molecule has 6 heteroatoms. The topological polar surface area (TPSA) is 83.1 Å². The van der Waals surface area contributed by atoms with Gasteiger partial charge in [-0.3, -0.25) is 10.2 Å². The van der Waals surface area contributed by atoms with Crippen LogP contribution in [-0.4, -0.2) is 30.4 Å². The number of hydrogen-bond donors (Lipinski definition) is 2. The molecule has 0 atom stereocenters. The van der Waals surface area contributed by atoms with E-state index in [0.717, 1.165) is 28.0 Å². The van der Waals surface area contributed by atoms with Crippen LogP contribution in [0.4, 0.5) is 0 Å². The molecule has 0 fully saturated rings. The monoisotopic (exact) mass is 262 g/mol. The molecule has 0 unspecified atom stereocenters. The molecule has 0 spiro atoms. The Hall–Kier alpha value is -3.02. The van der Waals surface area contributed by atoms with E-state index >= 15 is 0 Å². The maximum absolute atomic E-state index is 4.64. The third-order valence-electron chi connectivity index (χ3n) is 3.12. The van der Waals surface area contributed by atoms with Crippen molar-refractivity contribution < 1.29 is 0 Å². The first kappa shape index (κ1) is 10.9. The molecule has 0 saturated heterocycles. The number of rotatable bonds is 2. The maximum Gasteiger partial charge on any atom is 0.200 e. The van der Waals surface area contributed by atoms with E-state index in [1.807, 2.05) is 30.3 Å². The van der Waals surface area contributed by atoms with Gasteiger partial charge in [-0.25, -0.2) is 9.97 Å². The van der Waals surface area contributed by atoms with Gasteiger partial charge in [0.1, 0.15) is 5.52 Å². The molecule has 2 N–H and O–H groups in total. The zero-order chi connectivity index (χ0) is 13.4. The van der Waals surface area contributed by atoms with E-state index in [4.69, 9.17) is 0 Å². The molecule has 0 aliphatic rings. The molecule has 0 radical (unpaired) electrons. The molecule has 96 valence electrons. The quantitative estimate of drug-likeness (QED) is 0.581. The van der Waals surface area contributed by atoms with Crippen molar-refractivity contribution in [2.75, 3.05) is 0 Å². The Morgan fingerprint density at radius 1 is 0.950 bits per heavy atom. The van der Waals surface area contributed by atoms with Crippen LogP contribution in [0.1, 0.15) is 0 Å². The fourth-order valence-corrected chi connectivity index (χ4v) is 2.13. The van der Waals surface area contributed by atoms with Crippen molar-refractivity contribution in [3.05, 3.63) is 48.9 Å². The van der Waals surface area contributed by atoms with Crippen LogP contribution in [0.15, 0.2) is 48.9 Å². The number of fused-ring (bicyclic) bond motifs is 1. The number of aromatic amines is 2. The second kappa shape index (κ2) is 4.27. The lowest BCUT2D eigenvalue weighted by atomic mass is 10.1. The van der Waals surface area contributed by atoms with Gasteiger partial charge in [-0.1, -0.05) is 30.3 Å². The number of hydrogen-bond acceptors (Lipinski definition) is 4. The lowest BCUT2D eigenvalue weighted by Crippen LogP contribution is -1.87. The van der Waals surface area contributed by atoms with E-state index in [2.05, 4.69) is 30.4 Å². The predicted octanol–water partition coefficient (Wildman–Crippen LogP) is 2.41. The summed E-state index contributed by atoms with van der Waals surface area (Å²) >= 11 is 0. The zero-order valence-electron chi connectivity index (χ0n) is 10.4. The highest BCUT2D eigenvalue weighted by atomic mass is 15.2. The van der Waals surface area contributed by atoms with E-state index in [-0.39, 0.29) is 0 Å². The van der Waals surface area contributed by atoms with Crippen LogP contribution in [0.2, 0.25) is 0 Å². The van der Waals surface area contributed by atoms with Gasteiger partial charge in [0.05, 0.1) is 23.8 Å². The van der Waals surface area contributed by atoms with Gasteiger partial charge in [-0.2, -0.15) is 10.2 Å². The van der Waals surface area contributed by atoms with Crippen molar-refractivity contribution in [3.8, 4) is 22.5 Å². The molecule has 0 aliphatic heterocycles. The summed E-state index contributed by atoms with van der Waals surface area (Å²) < 4.78 is 0. The highest BCUT2D eigenvalue weighted by Crippen LogP contribution is 2.25. The zero-order valence-corrected chi connectivity index (χ0v) is 10.4. The number of benzene rings is 1. The highest BCUT2D eigenvalue weighted by Gasteiger charge is 2.11. The lowest BCUT2D eigenvalue weighted by molar-refractivity contribution is 1.09. The smallest absolute Gasteiger partial charge is 0.200 e. The second-order valence-corrected chi connectivity index (χ2v) is 4.38. The minimum Gasteiger partial charge on any atom is -0.285 e. The highest BCUT2D eigenvalue weighted by molar-refractivity contribution is 5.88. The fraction of sp³-hybridized carbons (Fsp3) is 0. The van der Waals surface area contributed by atoms with Gasteiger partial charge >= 0.3 is 0 Å². The SMILES string of the molecule is c1ccc(-c2[nH]nc3ncc(-c4cn[nH]c4)nc23)cc1. The molecule has 3 aromatic heterocycles. The summed E-state index contributed by atoms with van der Waals surface area (Å²) in [6.07, 6.45) is 5.21. The van der Waals surface area contributed by atoms with E-state index in [0.29, 0.717) is 5.65 Å². The van der Waals surface area contributed by atoms with E-state index < -0.39 is 0 Å². The van der Waals surface area contributed by atoms with Gasteiger partial charge in [0.25, 0.3) is 0 Å². The van der Waals surface area contributed by atoms with Crippen LogP contribution < -0.4 is 0 Å². The number of nitrogens with one attached hydrogen (secondary N) is 2. The average molecular weight is 262 g/mol. The summed E-state index contributed by atoms with van der Waals surface area (Å²) in [7, 11) is 0. The summed E-state index contributed by atoms with van der Waals surface area (Å²) in [5, 5.41) is 13.9. The van der Waals surface area contributed by atoms with Crippen LogP contribution in [0.3, 0.4) is 0 Å². The van der Waals surface area contributed by atoms with Gasteiger partial charge in [0.2, 0.25) is 0 Å². The Balaban J connectivity index is 1.93. The Bertz CT molecular complexity index is 848. The molecule has 20 heavy (non-hydrogen) atoms. The first-order chi connectivity index (χ1) is 9.92. The number of H-pyrrole nitrogens is 2. The first-order valence-electron chi connectivity index (χ1n) is 6.17. The normalized spacial score (nSPS) is 11.0. The average Bonchev–Trinajstić information content (AvgIpc) is 3.17. The molecule has 0 aliphatic carbocycles. The fourth-order valence-electron chi connectivity index (χ4n) is 2.13. The number of aromatic nitrogens is 6. The van der Waals surface area contributed by atoms with E-state index in [9.17, 15) is 0 Å². The molecule has 0 bridgehead atoms. The molecule has 4 rings (SSSR count). The molecule has 1 aromatic carbocycles. The molecular weight excluding hydrogens is 252 g/mol. The third kappa shape index (κ3) is 1.66. The maximum atomic E-state index is 4.64. The summed E-state index contributed by atoms with van der Waals surface area (Å²) in [6, 6.07) is 9.97. The van der Waals surface area contributed by atoms with Gasteiger partial charge in [0, 0.05) is 17.3 Å². The predicted molar refractivity (Wildman–Crippen MR) is 74.7 cm³/mol. The molecule has 0 saturated carbocycles. The van der Waals surface area contributed by atoms with Crippen LogP contribution in [0.5, 0.6) is 0 Å². The van der Waals surface area contributed by atoms with Crippen molar-refractivity contribution in [1.29, 1.82) is 0 Å². The summed E-state index contributed by atoms with van der Waals surface area (Å²) in [5.41, 5.74) is 4.95. The number of nitrogens with zero attached hydrogens (tertiary/aromatic N) is 4.